The predicted octanol–water partition coefficient (Wildman–Crippen LogP) is 2.07. The number of hydrogen-bond donors (Lipinski definition) is 2. The smallest absolute Gasteiger partial charge is 0.254 e. The number of aliphatic hydroxyl groups is 1. The maximum Gasteiger partial charge on any atom is 0.254 e. The summed E-state index contributed by atoms with van der Waals surface area (Å²) in [6, 6.07) is 6.45. The Labute approximate surface area is 138 Å². The molecule has 2 N–H and O–H groups in total. The van der Waals surface area contributed by atoms with Gasteiger partial charge in [-0.25, -0.2) is 8.42 Å². The van der Waals surface area contributed by atoms with Gasteiger partial charge in [0.2, 0.25) is 10.0 Å². The molecule has 0 radical (unpaired) electrons. The lowest BCUT2D eigenvalue weighted by atomic mass is 10.1. The molecular weight excluding hydrogens is 316 g/mol. The summed E-state index contributed by atoms with van der Waals surface area (Å²) in [7, 11) is -3.39. The summed E-state index contributed by atoms with van der Waals surface area (Å²) in [5, 5.41) is 9.11. The number of benzene rings is 1. The molecule has 0 fully saturated rings. The van der Waals surface area contributed by atoms with Gasteiger partial charge >= 0.3 is 0 Å². The minimum Gasteiger partial charge on any atom is -0.395 e. The average molecular weight is 342 g/mol. The van der Waals surface area contributed by atoms with Gasteiger partial charge in [0.15, 0.2) is 0 Å². The number of nitrogens with one attached hydrogen (secondary N) is 1. The van der Waals surface area contributed by atoms with Crippen molar-refractivity contribution >= 4 is 21.6 Å². The first kappa shape index (κ1) is 19.4. The number of hydrogen-bond acceptors (Lipinski definition) is 4. The summed E-state index contributed by atoms with van der Waals surface area (Å²) >= 11 is 0. The fourth-order valence-electron chi connectivity index (χ4n) is 2.18. The first-order valence-corrected chi connectivity index (χ1v) is 9.59. The largest absolute Gasteiger partial charge is 0.395 e. The molecule has 0 atom stereocenters. The van der Waals surface area contributed by atoms with Crippen LogP contribution in [0.25, 0.3) is 0 Å². The van der Waals surface area contributed by atoms with Gasteiger partial charge in [0.1, 0.15) is 0 Å². The number of carbonyl (C=O) groups is 1. The van der Waals surface area contributed by atoms with E-state index in [0.717, 1.165) is 12.8 Å². The van der Waals surface area contributed by atoms with E-state index < -0.39 is 10.0 Å². The summed E-state index contributed by atoms with van der Waals surface area (Å²) in [6.45, 7) is 4.56. The standard InChI is InChI=1S/C16H26N2O4S/c1-3-5-9-18(10-11-19)16(20)14-7-6-8-15(13-14)17-23(21,22)12-4-2/h6-8,13,17,19H,3-5,9-12H2,1-2H3. The third kappa shape index (κ3) is 6.58. The van der Waals surface area contributed by atoms with Gasteiger partial charge in [-0.15, -0.1) is 0 Å². The van der Waals surface area contributed by atoms with Gasteiger partial charge in [-0.3, -0.25) is 9.52 Å². The lowest BCUT2D eigenvalue weighted by Gasteiger charge is -2.22. The molecule has 0 aliphatic carbocycles. The van der Waals surface area contributed by atoms with E-state index in [2.05, 4.69) is 4.72 Å². The number of nitrogens with zero attached hydrogens (tertiary/aromatic N) is 1. The van der Waals surface area contributed by atoms with Crippen LogP contribution in [-0.4, -0.2) is 49.8 Å². The first-order chi connectivity index (χ1) is 10.9. The highest BCUT2D eigenvalue weighted by Crippen LogP contribution is 2.15. The van der Waals surface area contributed by atoms with E-state index in [1.807, 2.05) is 6.92 Å². The Morgan fingerprint density at radius 1 is 1.22 bits per heavy atom. The molecule has 1 aromatic carbocycles. The van der Waals surface area contributed by atoms with Crippen molar-refractivity contribution < 1.29 is 18.3 Å². The predicted molar refractivity (Wildman–Crippen MR) is 92.0 cm³/mol. The van der Waals surface area contributed by atoms with E-state index >= 15 is 0 Å². The molecule has 6 nitrogen and oxygen atoms in total. The Morgan fingerprint density at radius 2 is 1.96 bits per heavy atom. The van der Waals surface area contributed by atoms with E-state index in [0.29, 0.717) is 24.2 Å². The Bertz CT molecular complexity index is 602. The average Bonchev–Trinajstić information content (AvgIpc) is 2.50. The summed E-state index contributed by atoms with van der Waals surface area (Å²) in [4.78, 5) is 14.1. The second-order valence-corrected chi connectivity index (χ2v) is 7.21. The molecule has 0 aliphatic rings. The van der Waals surface area contributed by atoms with Crippen LogP contribution in [0.5, 0.6) is 0 Å². The molecule has 1 amide bonds. The summed E-state index contributed by atoms with van der Waals surface area (Å²) in [5.74, 6) is -0.165. The second-order valence-electron chi connectivity index (χ2n) is 5.37. The Morgan fingerprint density at radius 3 is 2.57 bits per heavy atom. The van der Waals surface area contributed by atoms with E-state index in [9.17, 15) is 13.2 Å². The van der Waals surface area contributed by atoms with Gasteiger partial charge in [0.05, 0.1) is 12.4 Å². The van der Waals surface area contributed by atoms with Crippen molar-refractivity contribution in [3.63, 3.8) is 0 Å². The molecule has 7 heteroatoms. The third-order valence-electron chi connectivity index (χ3n) is 3.29. The molecule has 0 aromatic heterocycles. The summed E-state index contributed by atoms with van der Waals surface area (Å²) in [5.41, 5.74) is 0.787. The Balaban J connectivity index is 2.91. The SMILES string of the molecule is CCCCN(CCO)C(=O)c1cccc(NS(=O)(=O)CCC)c1. The molecule has 0 bridgehead atoms. The molecule has 23 heavy (non-hydrogen) atoms. The highest BCUT2D eigenvalue weighted by Gasteiger charge is 2.16. The number of carbonyl (C=O) groups excluding carboxylic acids is 1. The molecule has 1 aromatic rings. The van der Waals surface area contributed by atoms with Crippen LogP contribution in [0, 0.1) is 0 Å². The van der Waals surface area contributed by atoms with Crippen molar-refractivity contribution in [2.24, 2.45) is 0 Å². The fraction of sp³-hybridized carbons (Fsp3) is 0.562. The summed E-state index contributed by atoms with van der Waals surface area (Å²) in [6.07, 6.45) is 2.33. The van der Waals surface area contributed by atoms with Crippen molar-refractivity contribution in [1.29, 1.82) is 0 Å². The maximum absolute atomic E-state index is 12.5. The van der Waals surface area contributed by atoms with Gasteiger partial charge in [-0.1, -0.05) is 26.3 Å². The molecule has 0 spiro atoms. The first-order valence-electron chi connectivity index (χ1n) is 7.94. The van der Waals surface area contributed by atoms with Gasteiger partial charge < -0.3 is 10.0 Å². The molecule has 0 aliphatic heterocycles. The molecule has 130 valence electrons. The van der Waals surface area contributed by atoms with Crippen molar-refractivity contribution in [3.8, 4) is 0 Å². The lowest BCUT2D eigenvalue weighted by Crippen LogP contribution is -2.34. The van der Waals surface area contributed by atoms with Crippen molar-refractivity contribution in [1.82, 2.24) is 4.90 Å². The molecule has 0 saturated carbocycles. The lowest BCUT2D eigenvalue weighted by molar-refractivity contribution is 0.0719. The van der Waals surface area contributed by atoms with Gasteiger partial charge in [0, 0.05) is 24.3 Å². The highest BCUT2D eigenvalue weighted by molar-refractivity contribution is 7.92. The number of aliphatic hydroxyl groups excluding tert-OH is 1. The Hall–Kier alpha value is -1.60. The zero-order valence-electron chi connectivity index (χ0n) is 13.8. The van der Waals surface area contributed by atoms with Gasteiger partial charge in [0.25, 0.3) is 5.91 Å². The number of sulfonamides is 1. The van der Waals surface area contributed by atoms with Crippen LogP contribution in [0.2, 0.25) is 0 Å². The topological polar surface area (TPSA) is 86.7 Å². The van der Waals surface area contributed by atoms with E-state index in [1.165, 1.54) is 6.07 Å². The minimum atomic E-state index is -3.39. The number of rotatable bonds is 10. The second kappa shape index (κ2) is 9.52. The van der Waals surface area contributed by atoms with Crippen LogP contribution in [0.15, 0.2) is 24.3 Å². The van der Waals surface area contributed by atoms with Crippen LogP contribution in [0.1, 0.15) is 43.5 Å². The van der Waals surface area contributed by atoms with E-state index in [4.69, 9.17) is 5.11 Å². The Kier molecular flexibility index (Phi) is 8.05. The van der Waals surface area contributed by atoms with Crippen molar-refractivity contribution in [2.75, 3.05) is 30.2 Å². The quantitative estimate of drug-likeness (QED) is 0.681. The monoisotopic (exact) mass is 342 g/mol. The van der Waals surface area contributed by atoms with E-state index in [1.54, 1.807) is 30.0 Å². The van der Waals surface area contributed by atoms with Gasteiger partial charge in [-0.05, 0) is 31.0 Å². The highest BCUT2D eigenvalue weighted by atomic mass is 32.2. The fourth-order valence-corrected chi connectivity index (χ4v) is 3.31. The molecular formula is C16H26N2O4S. The molecule has 0 saturated heterocycles. The third-order valence-corrected chi connectivity index (χ3v) is 4.79. The van der Waals surface area contributed by atoms with Crippen LogP contribution in [0.4, 0.5) is 5.69 Å². The minimum absolute atomic E-state index is 0.0400. The van der Waals surface area contributed by atoms with Gasteiger partial charge in [-0.2, -0.15) is 0 Å². The normalized spacial score (nSPS) is 11.3. The maximum atomic E-state index is 12.5. The molecule has 1 rings (SSSR count). The zero-order valence-corrected chi connectivity index (χ0v) is 14.6. The van der Waals surface area contributed by atoms with Crippen LogP contribution in [0.3, 0.4) is 0 Å². The number of anilines is 1. The van der Waals surface area contributed by atoms with Crippen LogP contribution < -0.4 is 4.72 Å². The van der Waals surface area contributed by atoms with Crippen molar-refractivity contribution in [3.05, 3.63) is 29.8 Å². The number of amides is 1. The van der Waals surface area contributed by atoms with E-state index in [-0.39, 0.29) is 24.8 Å². The number of unbranched alkanes of at least 4 members (excludes halogenated alkanes) is 1. The van der Waals surface area contributed by atoms with Crippen LogP contribution >= 0.6 is 0 Å². The zero-order chi connectivity index (χ0) is 17.3. The van der Waals surface area contributed by atoms with Crippen LogP contribution in [-0.2, 0) is 10.0 Å². The molecule has 0 heterocycles. The summed E-state index contributed by atoms with van der Waals surface area (Å²) < 4.78 is 26.1. The molecule has 0 unspecified atom stereocenters. The van der Waals surface area contributed by atoms with Crippen molar-refractivity contribution in [2.45, 2.75) is 33.1 Å².